The Kier molecular flexibility index (Phi) is 4.58. The highest BCUT2D eigenvalue weighted by atomic mass is 35.5. The van der Waals surface area contributed by atoms with E-state index >= 15 is 0 Å². The van der Waals surface area contributed by atoms with Crippen molar-refractivity contribution < 1.29 is 0 Å². The number of hydrogen-bond acceptors (Lipinski definition) is 4. The normalized spacial score (nSPS) is 11.4. The van der Waals surface area contributed by atoms with Crippen LogP contribution < -0.4 is 5.32 Å². The lowest BCUT2D eigenvalue weighted by Crippen LogP contribution is -2.08. The Morgan fingerprint density at radius 1 is 1.32 bits per heavy atom. The molecule has 0 aliphatic rings. The smallest absolute Gasteiger partial charge is 0.226 e. The van der Waals surface area contributed by atoms with Gasteiger partial charge >= 0.3 is 0 Å². The molecule has 0 atom stereocenters. The quantitative estimate of drug-likeness (QED) is 0.648. The van der Waals surface area contributed by atoms with Crippen LogP contribution in [0, 0.1) is 0 Å². The summed E-state index contributed by atoms with van der Waals surface area (Å²) >= 11 is 5.94. The van der Waals surface area contributed by atoms with Gasteiger partial charge in [-0.25, -0.2) is 4.98 Å². The fourth-order valence-electron chi connectivity index (χ4n) is 2.02. The zero-order valence-electron chi connectivity index (χ0n) is 11.6. The van der Waals surface area contributed by atoms with Crippen LogP contribution in [-0.2, 0) is 0 Å². The van der Waals surface area contributed by atoms with Crippen molar-refractivity contribution in [2.75, 3.05) is 11.9 Å². The lowest BCUT2D eigenvalue weighted by molar-refractivity contribution is 0.617. The molecule has 0 saturated heterocycles. The molecule has 2 rings (SSSR count). The SMILES string of the molecule is CCCCCNc1nc(Cl)nc2ncn(C(C)C)c12. The molecule has 0 aliphatic carbocycles. The molecule has 104 valence electrons. The molecule has 0 saturated carbocycles. The number of aromatic nitrogens is 4. The minimum Gasteiger partial charge on any atom is -0.368 e. The van der Waals surface area contributed by atoms with Gasteiger partial charge in [-0.1, -0.05) is 19.8 Å². The van der Waals surface area contributed by atoms with E-state index in [-0.39, 0.29) is 5.28 Å². The first-order valence-electron chi connectivity index (χ1n) is 6.77. The molecule has 0 unspecified atom stereocenters. The summed E-state index contributed by atoms with van der Waals surface area (Å²) in [5, 5.41) is 3.58. The number of fused-ring (bicyclic) bond motifs is 1. The van der Waals surface area contributed by atoms with Gasteiger partial charge in [-0.15, -0.1) is 0 Å². The molecule has 0 radical (unpaired) electrons. The molecule has 0 fully saturated rings. The molecular weight excluding hydrogens is 262 g/mol. The van der Waals surface area contributed by atoms with Crippen molar-refractivity contribution in [1.29, 1.82) is 0 Å². The Labute approximate surface area is 118 Å². The van der Waals surface area contributed by atoms with E-state index in [0.717, 1.165) is 24.3 Å². The van der Waals surface area contributed by atoms with E-state index in [4.69, 9.17) is 11.6 Å². The molecule has 0 aliphatic heterocycles. The lowest BCUT2D eigenvalue weighted by atomic mass is 10.2. The highest BCUT2D eigenvalue weighted by molar-refractivity contribution is 6.28. The van der Waals surface area contributed by atoms with Gasteiger partial charge < -0.3 is 9.88 Å². The fraction of sp³-hybridized carbons (Fsp3) is 0.615. The second-order valence-corrected chi connectivity index (χ2v) is 5.23. The van der Waals surface area contributed by atoms with Crippen LogP contribution in [0.15, 0.2) is 6.33 Å². The summed E-state index contributed by atoms with van der Waals surface area (Å²) in [5.74, 6) is 0.775. The molecule has 2 heterocycles. The van der Waals surface area contributed by atoms with Crippen molar-refractivity contribution in [2.45, 2.75) is 46.1 Å². The standard InChI is InChI=1S/C13H20ClN5/c1-4-5-6-7-15-11-10-12(18-13(14)17-11)16-8-19(10)9(2)3/h8-9H,4-7H2,1-3H3,(H,15,17,18). The van der Waals surface area contributed by atoms with E-state index in [9.17, 15) is 0 Å². The molecule has 6 heteroatoms. The summed E-state index contributed by atoms with van der Waals surface area (Å²) in [6, 6.07) is 0.311. The first kappa shape index (κ1) is 14.1. The van der Waals surface area contributed by atoms with E-state index in [2.05, 4.69) is 45.6 Å². The maximum Gasteiger partial charge on any atom is 0.226 e. The summed E-state index contributed by atoms with van der Waals surface area (Å²) in [4.78, 5) is 12.8. The summed E-state index contributed by atoms with van der Waals surface area (Å²) in [6.07, 6.45) is 5.32. The van der Waals surface area contributed by atoms with Gasteiger partial charge in [0.15, 0.2) is 11.5 Å². The number of hydrogen-bond donors (Lipinski definition) is 1. The molecule has 2 aromatic rings. The minimum absolute atomic E-state index is 0.236. The maximum atomic E-state index is 5.94. The molecule has 2 aromatic heterocycles. The van der Waals surface area contributed by atoms with Crippen LogP contribution in [0.25, 0.3) is 11.2 Å². The average molecular weight is 282 g/mol. The van der Waals surface area contributed by atoms with Crippen molar-refractivity contribution in [3.05, 3.63) is 11.6 Å². The molecule has 0 bridgehead atoms. The fourth-order valence-corrected chi connectivity index (χ4v) is 2.18. The van der Waals surface area contributed by atoms with Crippen LogP contribution in [0.1, 0.15) is 46.1 Å². The van der Waals surface area contributed by atoms with Gasteiger partial charge in [-0.3, -0.25) is 0 Å². The highest BCUT2D eigenvalue weighted by Crippen LogP contribution is 2.24. The minimum atomic E-state index is 0.236. The van der Waals surface area contributed by atoms with Crippen molar-refractivity contribution >= 4 is 28.6 Å². The Bertz CT molecular complexity index is 549. The molecule has 5 nitrogen and oxygen atoms in total. The largest absolute Gasteiger partial charge is 0.368 e. The van der Waals surface area contributed by atoms with Crippen LogP contribution in [0.2, 0.25) is 5.28 Å². The van der Waals surface area contributed by atoms with E-state index in [1.54, 1.807) is 6.33 Å². The summed E-state index contributed by atoms with van der Waals surface area (Å²) < 4.78 is 2.06. The van der Waals surface area contributed by atoms with Crippen molar-refractivity contribution in [3.63, 3.8) is 0 Å². The Morgan fingerprint density at radius 2 is 2.11 bits per heavy atom. The Morgan fingerprint density at radius 3 is 2.79 bits per heavy atom. The summed E-state index contributed by atoms with van der Waals surface area (Å²) in [7, 11) is 0. The third-order valence-corrected chi connectivity index (χ3v) is 3.20. The van der Waals surface area contributed by atoms with E-state index in [1.807, 2.05) is 0 Å². The van der Waals surface area contributed by atoms with Gasteiger partial charge in [0.05, 0.1) is 6.33 Å². The summed E-state index contributed by atoms with van der Waals surface area (Å²) in [5.41, 5.74) is 1.57. The van der Waals surface area contributed by atoms with Gasteiger partial charge in [0, 0.05) is 12.6 Å². The zero-order chi connectivity index (χ0) is 13.8. The van der Waals surface area contributed by atoms with Crippen molar-refractivity contribution in [1.82, 2.24) is 19.5 Å². The zero-order valence-corrected chi connectivity index (χ0v) is 12.4. The monoisotopic (exact) mass is 281 g/mol. The molecule has 1 N–H and O–H groups in total. The van der Waals surface area contributed by atoms with Gasteiger partial charge in [-0.2, -0.15) is 9.97 Å². The van der Waals surface area contributed by atoms with Crippen LogP contribution >= 0.6 is 11.6 Å². The number of unbranched alkanes of at least 4 members (excludes halogenated alkanes) is 2. The number of imidazole rings is 1. The second-order valence-electron chi connectivity index (χ2n) is 4.89. The van der Waals surface area contributed by atoms with Crippen LogP contribution in [-0.4, -0.2) is 26.1 Å². The van der Waals surface area contributed by atoms with Gasteiger partial charge in [-0.05, 0) is 31.9 Å². The number of nitrogens with one attached hydrogen (secondary N) is 1. The van der Waals surface area contributed by atoms with Gasteiger partial charge in [0.2, 0.25) is 5.28 Å². The van der Waals surface area contributed by atoms with E-state index in [1.165, 1.54) is 12.8 Å². The van der Waals surface area contributed by atoms with E-state index in [0.29, 0.717) is 11.7 Å². The molecule has 0 aromatic carbocycles. The number of rotatable bonds is 6. The molecular formula is C13H20ClN5. The molecule has 0 spiro atoms. The van der Waals surface area contributed by atoms with Gasteiger partial charge in [0.25, 0.3) is 0 Å². The second kappa shape index (κ2) is 6.19. The van der Waals surface area contributed by atoms with Crippen LogP contribution in [0.5, 0.6) is 0 Å². The molecule has 0 amide bonds. The van der Waals surface area contributed by atoms with Crippen molar-refractivity contribution in [3.8, 4) is 0 Å². The van der Waals surface area contributed by atoms with Crippen molar-refractivity contribution in [2.24, 2.45) is 0 Å². The maximum absolute atomic E-state index is 5.94. The third kappa shape index (κ3) is 3.15. The first-order chi connectivity index (χ1) is 9.13. The predicted octanol–water partition coefficient (Wildman–Crippen LogP) is 3.66. The third-order valence-electron chi connectivity index (χ3n) is 3.03. The Balaban J connectivity index is 2.31. The highest BCUT2D eigenvalue weighted by Gasteiger charge is 2.14. The van der Waals surface area contributed by atoms with Crippen LogP contribution in [0.3, 0.4) is 0 Å². The predicted molar refractivity (Wildman–Crippen MR) is 78.7 cm³/mol. The lowest BCUT2D eigenvalue weighted by Gasteiger charge is -2.12. The summed E-state index contributed by atoms with van der Waals surface area (Å²) in [6.45, 7) is 7.29. The number of nitrogens with zero attached hydrogens (tertiary/aromatic N) is 4. The number of anilines is 1. The molecule has 19 heavy (non-hydrogen) atoms. The Hall–Kier alpha value is -1.36. The van der Waals surface area contributed by atoms with E-state index < -0.39 is 0 Å². The topological polar surface area (TPSA) is 55.6 Å². The van der Waals surface area contributed by atoms with Crippen LogP contribution in [0.4, 0.5) is 5.82 Å². The van der Waals surface area contributed by atoms with Gasteiger partial charge in [0.1, 0.15) is 5.52 Å². The average Bonchev–Trinajstić information content (AvgIpc) is 2.78. The first-order valence-corrected chi connectivity index (χ1v) is 7.15. The number of halogens is 1.